The van der Waals surface area contributed by atoms with Crippen LogP contribution >= 0.6 is 12.4 Å². The van der Waals surface area contributed by atoms with E-state index in [-0.39, 0.29) is 85.8 Å². The van der Waals surface area contributed by atoms with E-state index >= 15 is 0 Å². The quantitative estimate of drug-likeness (QED) is 0.00659. The average Bonchev–Trinajstić information content (AvgIpc) is 1.26. The van der Waals surface area contributed by atoms with E-state index in [2.05, 4.69) is 102 Å². The van der Waals surface area contributed by atoms with Gasteiger partial charge in [0, 0.05) is 106 Å². The molecular formula is C95H119ClF8N8O19Si. The number of hydrogen-bond donors (Lipinski definition) is 6. The highest BCUT2D eigenvalue weighted by atomic mass is 35.5. The number of aldehydes is 1. The molecule has 27 nitrogen and oxygen atoms in total. The van der Waals surface area contributed by atoms with Crippen molar-refractivity contribution in [2.75, 3.05) is 46.4 Å². The van der Waals surface area contributed by atoms with Crippen LogP contribution in [0.3, 0.4) is 0 Å². The Morgan fingerprint density at radius 3 is 1.48 bits per heavy atom. The van der Waals surface area contributed by atoms with Gasteiger partial charge in [-0.05, 0) is 177 Å². The summed E-state index contributed by atoms with van der Waals surface area (Å²) in [5.41, 5.74) is 9.00. The van der Waals surface area contributed by atoms with Crippen molar-refractivity contribution >= 4 is 63.2 Å². The normalized spacial score (nSPS) is 15.9. The Balaban J connectivity index is 0.000000401. The van der Waals surface area contributed by atoms with Gasteiger partial charge < -0.3 is 69.3 Å². The molecule has 132 heavy (non-hydrogen) atoms. The zero-order chi connectivity index (χ0) is 98.0. The summed E-state index contributed by atoms with van der Waals surface area (Å²) >= 11 is 0. The molecule has 0 aliphatic carbocycles. The molecule has 3 saturated heterocycles. The van der Waals surface area contributed by atoms with Gasteiger partial charge in [-0.15, -0.1) is 12.4 Å². The molecule has 8 aromatic rings. The maximum Gasteiger partial charge on any atom is 0.411 e. The molecule has 8 aromatic carbocycles. The zero-order valence-electron chi connectivity index (χ0n) is 76.4. The molecular weight excluding hydrogens is 1770 g/mol. The van der Waals surface area contributed by atoms with Crippen molar-refractivity contribution in [3.05, 3.63) is 318 Å². The number of hydrogen-bond acceptors (Lipinski definition) is 21. The number of carboxylic acid groups (broad SMARTS) is 1. The summed E-state index contributed by atoms with van der Waals surface area (Å²) in [4.78, 5) is 96.9. The van der Waals surface area contributed by atoms with Gasteiger partial charge in [0.25, 0.3) is 5.97 Å². The predicted octanol–water partition coefficient (Wildman–Crippen LogP) is 18.6. The topological polar surface area (TPSA) is 368 Å². The molecule has 3 amide bonds. The predicted molar refractivity (Wildman–Crippen MR) is 486 cm³/mol. The van der Waals surface area contributed by atoms with Crippen LogP contribution in [0.5, 0.6) is 0 Å². The summed E-state index contributed by atoms with van der Waals surface area (Å²) in [6.45, 7) is 27.4. The summed E-state index contributed by atoms with van der Waals surface area (Å²) < 4.78 is 143. The van der Waals surface area contributed by atoms with E-state index in [9.17, 15) is 84.1 Å². The minimum absolute atomic E-state index is 0. The van der Waals surface area contributed by atoms with Gasteiger partial charge in [-0.25, -0.2) is 49.5 Å². The number of amides is 3. The van der Waals surface area contributed by atoms with Gasteiger partial charge in [0.15, 0.2) is 8.32 Å². The van der Waals surface area contributed by atoms with Crippen molar-refractivity contribution in [1.82, 2.24) is 26.2 Å². The van der Waals surface area contributed by atoms with Crippen LogP contribution in [-0.2, 0) is 77.3 Å². The lowest BCUT2D eigenvalue weighted by Crippen LogP contribution is -2.53. The number of nitrogens with two attached hydrogens (primary N) is 1. The van der Waals surface area contributed by atoms with Crippen molar-refractivity contribution < 1.29 is 116 Å². The fourth-order valence-electron chi connectivity index (χ4n) is 13.4. The number of halogens is 9. The highest BCUT2D eigenvalue weighted by molar-refractivity contribution is 6.69. The average molecular weight is 1890 g/mol. The van der Waals surface area contributed by atoms with Crippen molar-refractivity contribution in [1.29, 1.82) is 0 Å². The monoisotopic (exact) mass is 1890 g/mol. The van der Waals surface area contributed by atoms with Gasteiger partial charge in [-0.3, -0.25) is 39.9 Å². The summed E-state index contributed by atoms with van der Waals surface area (Å²) in [7, 11) is -0.560. The number of carboxylic acids is 1. The van der Waals surface area contributed by atoms with Crippen molar-refractivity contribution in [3.8, 4) is 0 Å². The molecule has 3 aliphatic heterocycles. The molecule has 7 N–H and O–H groups in total. The van der Waals surface area contributed by atoms with Gasteiger partial charge >= 0.3 is 30.2 Å². The molecule has 3 aliphatic rings. The van der Waals surface area contributed by atoms with Crippen LogP contribution in [0.2, 0.25) is 19.6 Å². The number of esters is 2. The highest BCUT2D eigenvalue weighted by Gasteiger charge is 2.47. The second-order valence-corrected chi connectivity index (χ2v) is 38.4. The molecule has 0 radical (unpaired) electrons. The molecule has 11 rings (SSSR count). The Morgan fingerprint density at radius 1 is 0.606 bits per heavy atom. The molecule has 0 saturated carbocycles. The lowest BCUT2D eigenvalue weighted by atomic mass is 9.79. The SMILES string of the molecule is CC(=O)O.CC(=O)OCc1ccccc1.CC(C)(C)OC(=O)C[C@@H]1CNC[C@H]1c1ccc(F)cc1F.CC(C)(C)OC(=O)N/C=C\[N+](=O)[O-].CO[C@@H](c1ccc(F)cc1F)[C@H](C[N+](=O)[O-])NC(=O)OC(C)(C)C.C[Si](C)(C)OC(c1ccccc1)(c1ccccc1)[C@@H]1CCCN1.Cl.N[C@@H]1CN(C(=O)OCc2ccccc2)C[C@H]1c1ccc(F)cc1F.O=CCc1ccc(F)cc1F. The van der Waals surface area contributed by atoms with E-state index in [0.717, 1.165) is 73.6 Å². The minimum atomic E-state index is -1.77. The van der Waals surface area contributed by atoms with Gasteiger partial charge in [0.05, 0.1) is 17.5 Å². The van der Waals surface area contributed by atoms with Crippen molar-refractivity contribution in [2.45, 2.75) is 193 Å². The number of rotatable bonds is 23. The third-order valence-corrected chi connectivity index (χ3v) is 19.4. The number of carbonyl (C=O) groups excluding carboxylic acids is 6. The summed E-state index contributed by atoms with van der Waals surface area (Å²) in [5, 5.41) is 39.4. The minimum Gasteiger partial charge on any atom is -0.481 e. The number of nitrogens with zero attached hydrogens (tertiary/aromatic N) is 3. The number of carbonyl (C=O) groups is 7. The third kappa shape index (κ3) is 43.3. The molecule has 37 heteroatoms. The Kier molecular flexibility index (Phi) is 48.4. The van der Waals surface area contributed by atoms with Crippen LogP contribution in [0.1, 0.15) is 158 Å². The number of nitro groups is 2. The molecule has 0 bridgehead atoms. The summed E-state index contributed by atoms with van der Waals surface area (Å²) in [6.07, 6.45) is 1.38. The molecule has 3 heterocycles. The molecule has 0 spiro atoms. The first-order valence-electron chi connectivity index (χ1n) is 41.6. The standard InChI is InChI=1S/C20H27NOSi.C18H18F2N2O2.C16H21F2NO2.C15H20F2N2O5.C9H10O2.C8H6F2O.C7H12N2O4.C2H4O2.ClH/c1-23(2,3)22-20(19-15-10-16-21-19,17-11-6-4-7-12-17)18-13-8-5-9-14-18;19-13-6-7-14(16(20)8-13)15-9-22(10-17(15)21)18(23)24-11-12-4-2-1-3-5-12;1-16(2,3)21-15(20)6-10-8-19-9-13(10)12-5-4-11(17)7-14(12)18;1-15(2,3)24-14(20)18-12(8-19(21)22)13(23-4)10-6-5-9(16)7-11(10)17;1-8(10)11-7-9-5-3-2-4-6-9;9-7-2-1-6(3-4-11)8(10)5-7;1-7(2,3)13-6(10)8-4-5-9(11)12;1-2(3)4;/h4-9,11-14,19,21H,10,15-16H2,1-3H3;1-8,15,17H,9-11,21H2;4-5,7,10,13,19H,6,8-9H2,1-3H3;5-7,12-13H,8H2,1-4H3,(H,18,20);2-6H,7H2,1H3;1-2,4-5H,3H2;4-5H,1-3H3,(H,8,10);1H3,(H,3,4);1H/b;;;;;;5-4-;;/t19-;15-,17+;10-,13-;12-,13-;;;;;/m0010...../s1. The number of ether oxygens (including phenoxy) is 6. The lowest BCUT2D eigenvalue weighted by molar-refractivity contribution is -0.485. The number of aliphatic carboxylic acids is 1. The summed E-state index contributed by atoms with van der Waals surface area (Å²) in [5.74, 6) is -7.38. The largest absolute Gasteiger partial charge is 0.481 e. The first-order valence-corrected chi connectivity index (χ1v) is 45.1. The van der Waals surface area contributed by atoms with E-state index in [4.69, 9.17) is 48.5 Å². The van der Waals surface area contributed by atoms with Gasteiger partial charge in [0.2, 0.25) is 12.7 Å². The Labute approximate surface area is 771 Å². The van der Waals surface area contributed by atoms with Crippen LogP contribution in [0.25, 0.3) is 0 Å². The second kappa shape index (κ2) is 56.0. The highest BCUT2D eigenvalue weighted by Crippen LogP contribution is 2.43. The van der Waals surface area contributed by atoms with E-state index in [1.165, 1.54) is 66.8 Å². The maximum atomic E-state index is 14.0. The Hall–Kier alpha value is -12.1. The fourth-order valence-corrected chi connectivity index (χ4v) is 14.7. The van der Waals surface area contributed by atoms with Crippen LogP contribution in [0.15, 0.2) is 207 Å². The van der Waals surface area contributed by atoms with Crippen LogP contribution in [0.4, 0.5) is 49.5 Å². The van der Waals surface area contributed by atoms with Gasteiger partial charge in [-0.1, -0.05) is 146 Å². The van der Waals surface area contributed by atoms with E-state index in [0.29, 0.717) is 55.4 Å². The van der Waals surface area contributed by atoms with Crippen LogP contribution in [0, 0.1) is 72.7 Å². The Bertz CT molecular complexity index is 4940. The number of methoxy groups -OCH3 is 1. The third-order valence-electron chi connectivity index (χ3n) is 18.5. The van der Waals surface area contributed by atoms with Gasteiger partial charge in [-0.2, -0.15) is 0 Å². The van der Waals surface area contributed by atoms with Crippen LogP contribution in [-0.4, -0.2) is 152 Å². The smallest absolute Gasteiger partial charge is 0.411 e. The molecule has 0 unspecified atom stereocenters. The number of alkyl carbamates (subject to hydrolysis) is 2. The first-order chi connectivity index (χ1) is 61.4. The number of benzene rings is 8. The van der Waals surface area contributed by atoms with E-state index in [1.54, 1.807) is 41.5 Å². The molecule has 0 aromatic heterocycles. The zero-order valence-corrected chi connectivity index (χ0v) is 78.2. The Morgan fingerprint density at radius 2 is 1.06 bits per heavy atom. The van der Waals surface area contributed by atoms with E-state index < -0.39 is 136 Å². The fraction of sp³-hybridized carbons (Fsp3) is 0.400. The number of likely N-dealkylation sites (tertiary alicyclic amines) is 1. The maximum absolute atomic E-state index is 14.0. The molecule has 3 fully saturated rings. The van der Waals surface area contributed by atoms with Crippen LogP contribution < -0.4 is 27.0 Å². The summed E-state index contributed by atoms with van der Waals surface area (Å²) in [6, 6.07) is 52.0. The number of nitrogens with one attached hydrogen (secondary N) is 4. The van der Waals surface area contributed by atoms with Crippen molar-refractivity contribution in [2.24, 2.45) is 11.7 Å². The van der Waals surface area contributed by atoms with Gasteiger partial charge in [0.1, 0.15) is 101 Å². The molecule has 7 atom stereocenters. The van der Waals surface area contributed by atoms with E-state index in [1.807, 2.05) is 81.4 Å². The first kappa shape index (κ1) is 114. The second-order valence-electron chi connectivity index (χ2n) is 33.9. The lowest BCUT2D eigenvalue weighted by Gasteiger charge is -2.44. The molecule has 720 valence electrons. The van der Waals surface area contributed by atoms with Crippen molar-refractivity contribution in [3.63, 3.8) is 0 Å².